The average Bonchev–Trinajstić information content (AvgIpc) is 4.34. The monoisotopic (exact) mass is 972 g/mol. The molecule has 0 aromatic heterocycles. The summed E-state index contributed by atoms with van der Waals surface area (Å²) in [7, 11) is 0. The lowest BCUT2D eigenvalue weighted by atomic mass is 10.1. The van der Waals surface area contributed by atoms with Crippen LogP contribution >= 0.6 is 0 Å². The van der Waals surface area contributed by atoms with Gasteiger partial charge in [0.15, 0.2) is 0 Å². The summed E-state index contributed by atoms with van der Waals surface area (Å²) in [4.78, 5) is 51.2. The third-order valence-electron chi connectivity index (χ3n) is 11.6. The molecule has 2 unspecified atom stereocenters. The highest BCUT2D eigenvalue weighted by atomic mass is 16.6. The molecule has 376 valence electrons. The van der Waals surface area contributed by atoms with E-state index in [1.54, 1.807) is 19.1 Å². The molecule has 5 aromatic rings. The number of epoxide rings is 2. The van der Waals surface area contributed by atoms with Crippen LogP contribution in [0.1, 0.15) is 102 Å². The van der Waals surface area contributed by atoms with Crippen molar-refractivity contribution in [3.8, 4) is 34.5 Å². The third-order valence-corrected chi connectivity index (χ3v) is 11.6. The number of hydrogen-bond donors (Lipinski definition) is 0. The molecule has 0 radical (unpaired) electrons. The predicted octanol–water partition coefficient (Wildman–Crippen LogP) is 10.2. The van der Waals surface area contributed by atoms with Crippen molar-refractivity contribution in [2.24, 2.45) is 0 Å². The van der Waals surface area contributed by atoms with Gasteiger partial charge in [0.25, 0.3) is 0 Å². The number of carbonyl (C=O) groups excluding carboxylic acids is 4. The first-order chi connectivity index (χ1) is 34.7. The highest BCUT2D eigenvalue weighted by Gasteiger charge is 2.23. The lowest BCUT2D eigenvalue weighted by molar-refractivity contribution is -0.135. The molecule has 2 saturated heterocycles. The zero-order valence-corrected chi connectivity index (χ0v) is 40.5. The fourth-order valence-electron chi connectivity index (χ4n) is 7.26. The second-order valence-corrected chi connectivity index (χ2v) is 17.6. The molecule has 2 atom stereocenters. The summed E-state index contributed by atoms with van der Waals surface area (Å²) in [6.07, 6.45) is 10.4. The van der Waals surface area contributed by atoms with Crippen LogP contribution in [0.4, 0.5) is 0 Å². The van der Waals surface area contributed by atoms with E-state index in [0.717, 1.165) is 100 Å². The molecule has 0 saturated carbocycles. The summed E-state index contributed by atoms with van der Waals surface area (Å²) < 4.78 is 55.3. The molecule has 2 aliphatic heterocycles. The number of esters is 4. The molecular weight excluding hydrogens is 909 g/mol. The van der Waals surface area contributed by atoms with Crippen LogP contribution in [0, 0.1) is 6.92 Å². The summed E-state index contributed by atoms with van der Waals surface area (Å²) in [6.45, 7) is 7.64. The molecule has 14 heteroatoms. The minimum absolute atomic E-state index is 0.181. The molecule has 0 bridgehead atoms. The van der Waals surface area contributed by atoms with E-state index in [2.05, 4.69) is 0 Å². The van der Waals surface area contributed by atoms with Crippen LogP contribution in [-0.4, -0.2) is 88.9 Å². The zero-order chi connectivity index (χ0) is 49.5. The topological polar surface area (TPSA) is 167 Å². The fourth-order valence-corrected chi connectivity index (χ4v) is 7.26. The summed E-state index contributed by atoms with van der Waals surface area (Å²) >= 11 is 0. The first-order valence-corrected chi connectivity index (χ1v) is 24.7. The van der Waals surface area contributed by atoms with E-state index in [0.29, 0.717) is 68.5 Å². The van der Waals surface area contributed by atoms with Gasteiger partial charge >= 0.3 is 23.9 Å². The summed E-state index contributed by atoms with van der Waals surface area (Å²) in [5.74, 6) is 0.724. The number of unbranched alkanes of at least 4 members (excludes halogenated alkanes) is 6. The maximum atomic E-state index is 13.0. The molecular formula is C57H64O14. The Hall–Kier alpha value is -6.58. The van der Waals surface area contributed by atoms with Gasteiger partial charge in [0.2, 0.25) is 0 Å². The van der Waals surface area contributed by atoms with Crippen molar-refractivity contribution in [1.29, 1.82) is 0 Å². The van der Waals surface area contributed by atoms with Gasteiger partial charge in [-0.1, -0.05) is 37.1 Å². The quantitative estimate of drug-likeness (QED) is 0.0173. The molecule has 2 fully saturated rings. The fraction of sp³-hybridized carbons (Fsp3) is 0.404. The van der Waals surface area contributed by atoms with Crippen molar-refractivity contribution in [3.05, 3.63) is 143 Å². The highest BCUT2D eigenvalue weighted by molar-refractivity contribution is 5.92. The van der Waals surface area contributed by atoms with Gasteiger partial charge in [-0.3, -0.25) is 9.59 Å². The van der Waals surface area contributed by atoms with Crippen molar-refractivity contribution >= 4 is 23.9 Å². The zero-order valence-electron chi connectivity index (χ0n) is 40.5. The number of rotatable bonds is 32. The Balaban J connectivity index is 0.739. The number of ether oxygens (including phenoxy) is 10. The van der Waals surface area contributed by atoms with Crippen molar-refractivity contribution in [2.75, 3.05) is 52.9 Å². The van der Waals surface area contributed by atoms with Crippen molar-refractivity contribution in [1.82, 2.24) is 0 Å². The van der Waals surface area contributed by atoms with Gasteiger partial charge in [0.1, 0.15) is 46.7 Å². The van der Waals surface area contributed by atoms with Gasteiger partial charge in [-0.25, -0.2) is 9.59 Å². The molecule has 2 heterocycles. The largest absolute Gasteiger partial charge is 0.494 e. The van der Waals surface area contributed by atoms with Crippen LogP contribution in [0.2, 0.25) is 0 Å². The van der Waals surface area contributed by atoms with Gasteiger partial charge < -0.3 is 47.4 Å². The van der Waals surface area contributed by atoms with Crippen LogP contribution < -0.4 is 28.4 Å². The first-order valence-electron chi connectivity index (χ1n) is 24.7. The van der Waals surface area contributed by atoms with Crippen molar-refractivity contribution < 1.29 is 66.5 Å². The minimum atomic E-state index is -0.615. The molecule has 7 rings (SSSR count). The molecule has 5 aromatic carbocycles. The lowest BCUT2D eigenvalue weighted by Gasteiger charge is -2.11. The van der Waals surface area contributed by atoms with Gasteiger partial charge in [-0.15, -0.1) is 0 Å². The molecule has 14 nitrogen and oxygen atoms in total. The SMILES string of the molecule is Cc1cc(OC(=O)c2ccc(OC(=O)CCc3ccc(OCCCCCCOCC4CO4)cc3)cc2)ccc1OC(=O)c1ccc(OC(=O)CCc2ccc(OCCCCCCOCC3CO3)cc2)cc1. The molecule has 0 amide bonds. The highest BCUT2D eigenvalue weighted by Crippen LogP contribution is 2.26. The summed E-state index contributed by atoms with van der Waals surface area (Å²) in [5.41, 5.74) is 3.05. The Morgan fingerprint density at radius 3 is 1.27 bits per heavy atom. The summed E-state index contributed by atoms with van der Waals surface area (Å²) in [6, 6.07) is 32.3. The van der Waals surface area contributed by atoms with Crippen LogP contribution in [-0.2, 0) is 41.4 Å². The Bertz CT molecular complexity index is 2430. The van der Waals surface area contributed by atoms with Gasteiger partial charge in [0, 0.05) is 26.1 Å². The normalized spacial score (nSPS) is 14.5. The molecule has 0 aliphatic carbocycles. The van der Waals surface area contributed by atoms with Crippen LogP contribution in [0.3, 0.4) is 0 Å². The molecule has 0 N–H and O–H groups in total. The Labute approximate surface area is 415 Å². The standard InChI is InChI=1S/C57H64O14/c1-41-36-50(70-56(60)44-16-24-48(25-17-44)68-54(58)30-14-42-10-20-46(21-11-42)64-34-8-4-2-6-32-62-37-51-39-66-51)28-29-53(41)71-57(61)45-18-26-49(27-19-45)69-55(59)31-15-43-12-22-47(23-13-43)65-35-9-5-3-7-33-63-38-52-40-67-52/h10-13,16-29,36,51-52H,2-9,14-15,30-35,37-40H2,1H3. The van der Waals surface area contributed by atoms with Crippen molar-refractivity contribution in [2.45, 2.75) is 96.2 Å². The second kappa shape index (κ2) is 28.3. The van der Waals surface area contributed by atoms with E-state index in [1.165, 1.54) is 54.6 Å². The van der Waals surface area contributed by atoms with E-state index in [-0.39, 0.29) is 35.5 Å². The molecule has 2 aliphatic rings. The van der Waals surface area contributed by atoms with Gasteiger partial charge in [-0.05, 0) is 166 Å². The smallest absolute Gasteiger partial charge is 0.343 e. The van der Waals surface area contributed by atoms with Crippen LogP contribution in [0.5, 0.6) is 34.5 Å². The second-order valence-electron chi connectivity index (χ2n) is 17.6. The van der Waals surface area contributed by atoms with Crippen LogP contribution in [0.25, 0.3) is 0 Å². The number of aryl methyl sites for hydroxylation is 3. The molecule has 71 heavy (non-hydrogen) atoms. The van der Waals surface area contributed by atoms with Crippen LogP contribution in [0.15, 0.2) is 115 Å². The predicted molar refractivity (Wildman–Crippen MR) is 264 cm³/mol. The number of hydrogen-bond acceptors (Lipinski definition) is 14. The third kappa shape index (κ3) is 19.6. The van der Waals surface area contributed by atoms with Crippen molar-refractivity contribution in [3.63, 3.8) is 0 Å². The Morgan fingerprint density at radius 2 is 0.845 bits per heavy atom. The van der Waals surface area contributed by atoms with E-state index in [9.17, 15) is 19.2 Å². The Kier molecular flexibility index (Phi) is 20.8. The van der Waals surface area contributed by atoms with E-state index < -0.39 is 23.9 Å². The lowest BCUT2D eigenvalue weighted by Crippen LogP contribution is -2.12. The summed E-state index contributed by atoms with van der Waals surface area (Å²) in [5, 5.41) is 0. The minimum Gasteiger partial charge on any atom is -0.494 e. The van der Waals surface area contributed by atoms with E-state index >= 15 is 0 Å². The van der Waals surface area contributed by atoms with E-state index in [4.69, 9.17) is 47.4 Å². The average molecular weight is 973 g/mol. The van der Waals surface area contributed by atoms with E-state index in [1.807, 2.05) is 48.5 Å². The Morgan fingerprint density at radius 1 is 0.451 bits per heavy atom. The van der Waals surface area contributed by atoms with Gasteiger partial charge in [-0.2, -0.15) is 0 Å². The number of carbonyl (C=O) groups is 4. The maximum absolute atomic E-state index is 13.0. The molecule has 0 spiro atoms. The van der Waals surface area contributed by atoms with Gasteiger partial charge in [0.05, 0.1) is 50.8 Å². The first kappa shape index (κ1) is 52.2. The number of benzene rings is 5. The maximum Gasteiger partial charge on any atom is 0.343 e.